The molecule has 5 heteroatoms. The number of rotatable bonds is 5. The fraction of sp³-hybridized carbons (Fsp3) is 0.250. The van der Waals surface area contributed by atoms with Gasteiger partial charge in [-0.2, -0.15) is 0 Å². The Bertz CT molecular complexity index is 852. The van der Waals surface area contributed by atoms with Crippen molar-refractivity contribution in [2.24, 2.45) is 0 Å². The van der Waals surface area contributed by atoms with Crippen LogP contribution in [0.2, 0.25) is 0 Å². The topological polar surface area (TPSA) is 38.4 Å². The van der Waals surface area contributed by atoms with Gasteiger partial charge >= 0.3 is 0 Å². The minimum absolute atomic E-state index is 0.0359. The second-order valence-corrected chi connectivity index (χ2v) is 7.21. The Hall–Kier alpha value is -2.40. The van der Waals surface area contributed by atoms with Gasteiger partial charge in [0.1, 0.15) is 11.1 Å². The summed E-state index contributed by atoms with van der Waals surface area (Å²) >= 11 is 1.67. The fourth-order valence-corrected chi connectivity index (χ4v) is 4.27. The lowest BCUT2D eigenvalue weighted by Crippen LogP contribution is -2.27. The third-order valence-corrected chi connectivity index (χ3v) is 5.77. The van der Waals surface area contributed by atoms with Gasteiger partial charge in [0.05, 0.1) is 18.6 Å². The quantitative estimate of drug-likeness (QED) is 0.683. The summed E-state index contributed by atoms with van der Waals surface area (Å²) in [6, 6.07) is 14.5. The van der Waals surface area contributed by atoms with Crippen LogP contribution in [0.5, 0.6) is 0 Å². The SMILES string of the molecule is CCc1ccc(-n2ccc([C@H]3SCC(=O)N3Cc3ccco3)c2)cc1. The third kappa shape index (κ3) is 3.24. The van der Waals surface area contributed by atoms with E-state index < -0.39 is 0 Å². The molecule has 128 valence electrons. The summed E-state index contributed by atoms with van der Waals surface area (Å²) in [6.45, 7) is 2.67. The van der Waals surface area contributed by atoms with Crippen molar-refractivity contribution in [1.82, 2.24) is 9.47 Å². The zero-order valence-electron chi connectivity index (χ0n) is 14.1. The predicted molar refractivity (Wildman–Crippen MR) is 99.6 cm³/mol. The number of thioether (sulfide) groups is 1. The van der Waals surface area contributed by atoms with Gasteiger partial charge in [0.25, 0.3) is 0 Å². The first-order valence-electron chi connectivity index (χ1n) is 8.45. The van der Waals surface area contributed by atoms with Crippen LogP contribution in [-0.4, -0.2) is 21.1 Å². The third-order valence-electron chi connectivity index (χ3n) is 4.52. The summed E-state index contributed by atoms with van der Waals surface area (Å²) < 4.78 is 7.53. The maximum absolute atomic E-state index is 12.3. The molecule has 1 aliphatic heterocycles. The van der Waals surface area contributed by atoms with Gasteiger partial charge in [0, 0.05) is 23.6 Å². The van der Waals surface area contributed by atoms with Gasteiger partial charge in [0.15, 0.2) is 0 Å². The summed E-state index contributed by atoms with van der Waals surface area (Å²) in [5.41, 5.74) is 3.61. The van der Waals surface area contributed by atoms with Crippen LogP contribution >= 0.6 is 11.8 Å². The Morgan fingerprint density at radius 2 is 2.04 bits per heavy atom. The molecular formula is C20H20N2O2S. The van der Waals surface area contributed by atoms with Crippen LogP contribution in [0.3, 0.4) is 0 Å². The minimum Gasteiger partial charge on any atom is -0.467 e. The Balaban J connectivity index is 1.56. The fourth-order valence-electron chi connectivity index (χ4n) is 3.10. The molecule has 4 rings (SSSR count). The maximum atomic E-state index is 12.3. The lowest BCUT2D eigenvalue weighted by Gasteiger charge is -2.22. The monoisotopic (exact) mass is 352 g/mol. The molecule has 0 bridgehead atoms. The highest BCUT2D eigenvalue weighted by Crippen LogP contribution is 2.40. The molecule has 25 heavy (non-hydrogen) atoms. The van der Waals surface area contributed by atoms with Crippen molar-refractivity contribution in [3.05, 3.63) is 78.0 Å². The van der Waals surface area contributed by atoms with Crippen molar-refractivity contribution in [2.45, 2.75) is 25.3 Å². The number of nitrogens with zero attached hydrogens (tertiary/aromatic N) is 2. The second-order valence-electron chi connectivity index (χ2n) is 6.14. The molecule has 0 unspecified atom stereocenters. The van der Waals surface area contributed by atoms with E-state index in [9.17, 15) is 4.79 Å². The van der Waals surface area contributed by atoms with Gasteiger partial charge < -0.3 is 13.9 Å². The number of carbonyl (C=O) groups excluding carboxylic acids is 1. The average molecular weight is 352 g/mol. The van der Waals surface area contributed by atoms with Crippen molar-refractivity contribution in [2.75, 3.05) is 5.75 Å². The Morgan fingerprint density at radius 1 is 1.20 bits per heavy atom. The van der Waals surface area contributed by atoms with Gasteiger partial charge in [-0.1, -0.05) is 19.1 Å². The Labute approximate surface area is 151 Å². The van der Waals surface area contributed by atoms with E-state index >= 15 is 0 Å². The number of hydrogen-bond acceptors (Lipinski definition) is 3. The van der Waals surface area contributed by atoms with Crippen LogP contribution < -0.4 is 0 Å². The first-order chi connectivity index (χ1) is 12.2. The molecule has 1 atom stereocenters. The smallest absolute Gasteiger partial charge is 0.234 e. The molecule has 0 saturated carbocycles. The average Bonchev–Trinajstić information content (AvgIpc) is 3.38. The minimum atomic E-state index is 0.0359. The molecule has 0 N–H and O–H groups in total. The van der Waals surface area contributed by atoms with E-state index in [2.05, 4.69) is 54.2 Å². The van der Waals surface area contributed by atoms with E-state index in [1.807, 2.05) is 17.0 Å². The molecule has 0 spiro atoms. The van der Waals surface area contributed by atoms with Crippen LogP contribution in [0.4, 0.5) is 0 Å². The summed E-state index contributed by atoms with van der Waals surface area (Å²) in [6.07, 6.45) is 6.87. The van der Waals surface area contributed by atoms with Crippen LogP contribution in [-0.2, 0) is 17.8 Å². The molecule has 1 saturated heterocycles. The number of benzene rings is 1. The summed E-state index contributed by atoms with van der Waals surface area (Å²) in [7, 11) is 0. The van der Waals surface area contributed by atoms with Crippen LogP contribution in [0.15, 0.2) is 65.5 Å². The highest BCUT2D eigenvalue weighted by molar-refractivity contribution is 8.00. The Morgan fingerprint density at radius 3 is 2.76 bits per heavy atom. The first-order valence-corrected chi connectivity index (χ1v) is 9.50. The van der Waals surface area contributed by atoms with Gasteiger partial charge in [-0.3, -0.25) is 4.79 Å². The van der Waals surface area contributed by atoms with E-state index in [0.29, 0.717) is 12.3 Å². The largest absolute Gasteiger partial charge is 0.467 e. The number of aromatic nitrogens is 1. The van der Waals surface area contributed by atoms with E-state index in [4.69, 9.17) is 4.42 Å². The van der Waals surface area contributed by atoms with Gasteiger partial charge in [-0.05, 0) is 42.3 Å². The molecule has 2 aromatic heterocycles. The molecule has 0 aliphatic carbocycles. The highest BCUT2D eigenvalue weighted by Gasteiger charge is 2.33. The molecule has 3 heterocycles. The first kappa shape index (κ1) is 16.1. The van der Waals surface area contributed by atoms with E-state index in [1.165, 1.54) is 5.56 Å². The lowest BCUT2D eigenvalue weighted by molar-refractivity contribution is -0.128. The Kier molecular flexibility index (Phi) is 4.40. The number of amides is 1. The van der Waals surface area contributed by atoms with Crippen molar-refractivity contribution in [3.8, 4) is 5.69 Å². The van der Waals surface area contributed by atoms with Crippen molar-refractivity contribution in [1.29, 1.82) is 0 Å². The molecule has 1 fully saturated rings. The molecule has 3 aromatic rings. The zero-order chi connectivity index (χ0) is 17.2. The lowest BCUT2D eigenvalue weighted by atomic mass is 10.1. The van der Waals surface area contributed by atoms with E-state index in [1.54, 1.807) is 18.0 Å². The number of carbonyl (C=O) groups is 1. The van der Waals surface area contributed by atoms with Crippen LogP contribution in [0, 0.1) is 0 Å². The normalized spacial score (nSPS) is 17.4. The second kappa shape index (κ2) is 6.84. The summed E-state index contributed by atoms with van der Waals surface area (Å²) in [4.78, 5) is 14.2. The van der Waals surface area contributed by atoms with E-state index in [0.717, 1.165) is 23.4 Å². The van der Waals surface area contributed by atoms with Crippen LogP contribution in [0.1, 0.15) is 29.2 Å². The summed E-state index contributed by atoms with van der Waals surface area (Å²) in [5.74, 6) is 1.49. The molecule has 1 aliphatic rings. The molecule has 1 amide bonds. The van der Waals surface area contributed by atoms with Crippen molar-refractivity contribution >= 4 is 17.7 Å². The predicted octanol–water partition coefficient (Wildman–Crippen LogP) is 4.41. The van der Waals surface area contributed by atoms with Gasteiger partial charge in [-0.15, -0.1) is 11.8 Å². The van der Waals surface area contributed by atoms with Crippen molar-refractivity contribution in [3.63, 3.8) is 0 Å². The van der Waals surface area contributed by atoms with E-state index in [-0.39, 0.29) is 11.3 Å². The molecular weight excluding hydrogens is 332 g/mol. The number of aryl methyl sites for hydroxylation is 1. The standard InChI is InChI=1S/C20H20N2O2S/c1-2-15-5-7-17(8-6-15)21-10-9-16(12-21)20-22(19(23)14-25-20)13-18-4-3-11-24-18/h3-12,20H,2,13-14H2,1H3/t20-/m1/s1. The highest BCUT2D eigenvalue weighted by atomic mass is 32.2. The van der Waals surface area contributed by atoms with Gasteiger partial charge in [-0.25, -0.2) is 0 Å². The molecule has 4 nitrogen and oxygen atoms in total. The van der Waals surface area contributed by atoms with Gasteiger partial charge in [0.2, 0.25) is 5.91 Å². The van der Waals surface area contributed by atoms with Crippen molar-refractivity contribution < 1.29 is 9.21 Å². The maximum Gasteiger partial charge on any atom is 0.234 e. The molecule has 0 radical (unpaired) electrons. The molecule has 1 aromatic carbocycles. The number of hydrogen-bond donors (Lipinski definition) is 0. The van der Waals surface area contributed by atoms with Crippen LogP contribution in [0.25, 0.3) is 5.69 Å². The summed E-state index contributed by atoms with van der Waals surface area (Å²) in [5, 5.41) is 0.0359. The zero-order valence-corrected chi connectivity index (χ0v) is 14.9. The number of furan rings is 1.